The lowest BCUT2D eigenvalue weighted by molar-refractivity contribution is -0.138. The van der Waals surface area contributed by atoms with Crippen LogP contribution in [0, 0.1) is 0 Å². The fraction of sp³-hybridized carbons (Fsp3) is 0.308. The minimum absolute atomic E-state index is 0.140. The van der Waals surface area contributed by atoms with Gasteiger partial charge in [0.15, 0.2) is 0 Å². The number of rotatable bonds is 7. The molecule has 108 valence electrons. The van der Waals surface area contributed by atoms with E-state index < -0.39 is 11.8 Å². The molecular formula is C13H16ClN3O3. The van der Waals surface area contributed by atoms with Crippen LogP contribution in [-0.2, 0) is 20.8 Å². The van der Waals surface area contributed by atoms with Gasteiger partial charge in [-0.15, -0.1) is 0 Å². The van der Waals surface area contributed by atoms with Gasteiger partial charge >= 0.3 is 0 Å². The van der Waals surface area contributed by atoms with Gasteiger partial charge in [-0.25, -0.2) is 0 Å². The zero-order valence-electron chi connectivity index (χ0n) is 10.8. The standard InChI is InChI=1S/C13H16ClN3O3/c14-10-3-1-2-9(6-10)4-5-13(20)17(7-11(15)18)8-12(16)19/h1-3,6H,4-5,7-8H2,(H2,15,18)(H2,16,19). The van der Waals surface area contributed by atoms with Crippen LogP contribution < -0.4 is 11.5 Å². The minimum atomic E-state index is -0.692. The summed E-state index contributed by atoms with van der Waals surface area (Å²) in [5.74, 6) is -1.74. The molecule has 20 heavy (non-hydrogen) atoms. The molecule has 1 aromatic rings. The highest BCUT2D eigenvalue weighted by atomic mass is 35.5. The van der Waals surface area contributed by atoms with E-state index in [4.69, 9.17) is 23.1 Å². The Morgan fingerprint density at radius 2 is 1.70 bits per heavy atom. The van der Waals surface area contributed by atoms with Crippen molar-refractivity contribution in [1.82, 2.24) is 4.90 Å². The van der Waals surface area contributed by atoms with Crippen LogP contribution in [0.1, 0.15) is 12.0 Å². The summed E-state index contributed by atoms with van der Waals surface area (Å²) < 4.78 is 0. The quantitative estimate of drug-likeness (QED) is 0.743. The first-order chi connectivity index (χ1) is 9.38. The summed E-state index contributed by atoms with van der Waals surface area (Å²) in [7, 11) is 0. The van der Waals surface area contributed by atoms with Crippen LogP contribution in [0.4, 0.5) is 0 Å². The Morgan fingerprint density at radius 1 is 1.10 bits per heavy atom. The van der Waals surface area contributed by atoms with E-state index in [-0.39, 0.29) is 25.4 Å². The molecule has 0 atom stereocenters. The molecule has 0 spiro atoms. The summed E-state index contributed by atoms with van der Waals surface area (Å²) in [6, 6.07) is 7.11. The van der Waals surface area contributed by atoms with Gasteiger partial charge in [0.1, 0.15) is 0 Å². The van der Waals surface area contributed by atoms with Gasteiger partial charge in [0.25, 0.3) is 0 Å². The summed E-state index contributed by atoms with van der Waals surface area (Å²) >= 11 is 5.84. The Bertz CT molecular complexity index is 503. The maximum absolute atomic E-state index is 11.9. The van der Waals surface area contributed by atoms with Gasteiger partial charge in [0.05, 0.1) is 13.1 Å². The van der Waals surface area contributed by atoms with E-state index in [1.165, 1.54) is 0 Å². The predicted octanol–water partition coefficient (Wildman–Crippen LogP) is 0.0718. The first-order valence-corrected chi connectivity index (χ1v) is 6.35. The fourth-order valence-electron chi connectivity index (χ4n) is 1.71. The number of benzene rings is 1. The molecule has 4 N–H and O–H groups in total. The van der Waals surface area contributed by atoms with E-state index in [9.17, 15) is 14.4 Å². The number of nitrogens with two attached hydrogens (primary N) is 2. The van der Waals surface area contributed by atoms with Crippen molar-refractivity contribution in [2.24, 2.45) is 11.5 Å². The molecular weight excluding hydrogens is 282 g/mol. The second kappa shape index (κ2) is 7.49. The SMILES string of the molecule is NC(=O)CN(CC(N)=O)C(=O)CCc1cccc(Cl)c1. The maximum Gasteiger partial charge on any atom is 0.237 e. The van der Waals surface area contributed by atoms with E-state index >= 15 is 0 Å². The molecule has 0 aliphatic rings. The summed E-state index contributed by atoms with van der Waals surface area (Å²) in [6.07, 6.45) is 0.592. The average molecular weight is 298 g/mol. The molecule has 1 rings (SSSR count). The monoisotopic (exact) mass is 297 g/mol. The van der Waals surface area contributed by atoms with Gasteiger partial charge in [-0.3, -0.25) is 14.4 Å². The number of aryl methyl sites for hydroxylation is 1. The van der Waals surface area contributed by atoms with Crippen molar-refractivity contribution >= 4 is 29.3 Å². The van der Waals surface area contributed by atoms with Crippen LogP contribution >= 0.6 is 11.6 Å². The van der Waals surface area contributed by atoms with Crippen molar-refractivity contribution in [3.05, 3.63) is 34.9 Å². The highest BCUT2D eigenvalue weighted by molar-refractivity contribution is 6.30. The van der Waals surface area contributed by atoms with E-state index in [0.717, 1.165) is 10.5 Å². The first-order valence-electron chi connectivity index (χ1n) is 5.97. The third-order valence-corrected chi connectivity index (χ3v) is 2.80. The lowest BCUT2D eigenvalue weighted by atomic mass is 10.1. The number of hydrogen-bond donors (Lipinski definition) is 2. The van der Waals surface area contributed by atoms with Gasteiger partial charge < -0.3 is 16.4 Å². The smallest absolute Gasteiger partial charge is 0.237 e. The topological polar surface area (TPSA) is 106 Å². The fourth-order valence-corrected chi connectivity index (χ4v) is 1.92. The van der Waals surface area contributed by atoms with Gasteiger partial charge in [-0.05, 0) is 24.1 Å². The van der Waals surface area contributed by atoms with Crippen LogP contribution in [0.2, 0.25) is 5.02 Å². The van der Waals surface area contributed by atoms with E-state index in [0.29, 0.717) is 11.4 Å². The number of primary amides is 2. The molecule has 6 nitrogen and oxygen atoms in total. The Labute approximate surface area is 121 Å². The highest BCUT2D eigenvalue weighted by Crippen LogP contribution is 2.12. The van der Waals surface area contributed by atoms with E-state index in [1.54, 1.807) is 18.2 Å². The molecule has 1 aromatic carbocycles. The van der Waals surface area contributed by atoms with E-state index in [2.05, 4.69) is 0 Å². The first kappa shape index (κ1) is 16.0. The van der Waals surface area contributed by atoms with Crippen molar-refractivity contribution in [2.75, 3.05) is 13.1 Å². The highest BCUT2D eigenvalue weighted by Gasteiger charge is 2.17. The third kappa shape index (κ3) is 5.71. The van der Waals surface area contributed by atoms with Crippen molar-refractivity contribution in [1.29, 1.82) is 0 Å². The van der Waals surface area contributed by atoms with Crippen LogP contribution in [0.25, 0.3) is 0 Å². The van der Waals surface area contributed by atoms with Crippen molar-refractivity contribution in [3.63, 3.8) is 0 Å². The number of amides is 3. The van der Waals surface area contributed by atoms with Gasteiger partial charge in [-0.2, -0.15) is 0 Å². The molecule has 0 saturated carbocycles. The zero-order chi connectivity index (χ0) is 15.1. The molecule has 3 amide bonds. The van der Waals surface area contributed by atoms with Crippen molar-refractivity contribution in [3.8, 4) is 0 Å². The lowest BCUT2D eigenvalue weighted by Crippen LogP contribution is -2.43. The van der Waals surface area contributed by atoms with Crippen LogP contribution in [-0.4, -0.2) is 35.7 Å². The Morgan fingerprint density at radius 3 is 2.20 bits per heavy atom. The number of halogens is 1. The Balaban J connectivity index is 2.61. The third-order valence-electron chi connectivity index (χ3n) is 2.56. The van der Waals surface area contributed by atoms with E-state index in [1.807, 2.05) is 6.07 Å². The molecule has 0 bridgehead atoms. The van der Waals surface area contributed by atoms with Crippen molar-refractivity contribution in [2.45, 2.75) is 12.8 Å². The van der Waals surface area contributed by atoms with Gasteiger partial charge in [0, 0.05) is 11.4 Å². The summed E-state index contributed by atoms with van der Waals surface area (Å²) in [5, 5.41) is 0.584. The second-order valence-electron chi connectivity index (χ2n) is 4.31. The van der Waals surface area contributed by atoms with Crippen LogP contribution in [0.3, 0.4) is 0 Å². The molecule has 7 heteroatoms. The summed E-state index contributed by atoms with van der Waals surface area (Å²) in [4.78, 5) is 34.7. The lowest BCUT2D eigenvalue weighted by Gasteiger charge is -2.19. The van der Waals surface area contributed by atoms with Crippen LogP contribution in [0.5, 0.6) is 0 Å². The largest absolute Gasteiger partial charge is 0.368 e. The average Bonchev–Trinajstić information content (AvgIpc) is 2.34. The summed E-state index contributed by atoms with van der Waals surface area (Å²) in [6.45, 7) is -0.644. The predicted molar refractivity (Wildman–Crippen MR) is 74.7 cm³/mol. The number of nitrogens with zero attached hydrogens (tertiary/aromatic N) is 1. The Hall–Kier alpha value is -2.08. The number of hydrogen-bond acceptors (Lipinski definition) is 3. The maximum atomic E-state index is 11.9. The Kier molecular flexibility index (Phi) is 5.99. The van der Waals surface area contributed by atoms with Gasteiger partial charge in [-0.1, -0.05) is 23.7 Å². The molecule has 0 aliphatic heterocycles. The molecule has 0 unspecified atom stereocenters. The molecule has 0 aromatic heterocycles. The normalized spacial score (nSPS) is 10.1. The molecule has 0 aliphatic carbocycles. The van der Waals surface area contributed by atoms with Crippen molar-refractivity contribution < 1.29 is 14.4 Å². The molecule has 0 saturated heterocycles. The second-order valence-corrected chi connectivity index (χ2v) is 4.75. The van der Waals surface area contributed by atoms with Crippen LogP contribution in [0.15, 0.2) is 24.3 Å². The van der Waals surface area contributed by atoms with Gasteiger partial charge in [0.2, 0.25) is 17.7 Å². The zero-order valence-corrected chi connectivity index (χ0v) is 11.6. The number of carbonyl (C=O) groups excluding carboxylic acids is 3. The molecule has 0 heterocycles. The molecule has 0 fully saturated rings. The number of carbonyl (C=O) groups is 3. The summed E-state index contributed by atoms with van der Waals surface area (Å²) in [5.41, 5.74) is 11.0. The molecule has 0 radical (unpaired) electrons. The minimum Gasteiger partial charge on any atom is -0.368 e.